The number of carbonyl (C=O) groups excluding carboxylic acids is 2. The van der Waals surface area contributed by atoms with E-state index in [9.17, 15) is 18.0 Å². The molecule has 0 bridgehead atoms. The third kappa shape index (κ3) is 11.6. The fourth-order valence-electron chi connectivity index (χ4n) is 7.34. The van der Waals surface area contributed by atoms with E-state index in [0.717, 1.165) is 111 Å². The first-order chi connectivity index (χ1) is 26.5. The largest absolute Gasteiger partial charge is 0.456 e. The number of fused-ring (bicyclic) bond motifs is 1. The Bertz CT molecular complexity index is 2000. The van der Waals surface area contributed by atoms with E-state index in [-0.39, 0.29) is 17.2 Å². The molecule has 5 N–H and O–H groups in total. The second kappa shape index (κ2) is 18.7. The second-order valence-corrected chi connectivity index (χ2v) is 15.9. The number of nitrogens with one attached hydrogen (secondary N) is 2. The Kier molecular flexibility index (Phi) is 13.5. The van der Waals surface area contributed by atoms with Crippen LogP contribution < -0.4 is 16.0 Å². The van der Waals surface area contributed by atoms with E-state index >= 15 is 0 Å². The zero-order valence-corrected chi connectivity index (χ0v) is 32.1. The molecule has 0 radical (unpaired) electrons. The molecule has 1 amide bonds. The van der Waals surface area contributed by atoms with Gasteiger partial charge in [-0.25, -0.2) is 4.98 Å². The van der Waals surface area contributed by atoms with Gasteiger partial charge in [-0.2, -0.15) is 13.5 Å². The van der Waals surface area contributed by atoms with E-state index in [1.807, 2.05) is 13.0 Å². The number of nitrogens with two attached hydrogens (primary N) is 1. The number of H-pyrrole nitrogens is 1. The Hall–Kier alpha value is -4.83. The number of hydrogen-bond donors (Lipinski definition) is 4. The van der Waals surface area contributed by atoms with Crippen LogP contribution in [0.25, 0.3) is 11.3 Å². The maximum Gasteiger partial charge on any atom is 0.306 e. The fraction of sp³-hybridized carbons (Fsp3) is 0.450. The van der Waals surface area contributed by atoms with Gasteiger partial charge in [0.1, 0.15) is 5.82 Å². The topological polar surface area (TPSA) is 193 Å². The van der Waals surface area contributed by atoms with Crippen LogP contribution in [0, 0.1) is 12.8 Å². The normalized spacial score (nSPS) is 17.7. The van der Waals surface area contributed by atoms with Gasteiger partial charge in [-0.1, -0.05) is 23.8 Å². The zero-order valence-electron chi connectivity index (χ0n) is 31.3. The first-order valence-electron chi connectivity index (χ1n) is 18.9. The molecule has 0 spiro atoms. The quantitative estimate of drug-likeness (QED) is 0.111. The summed E-state index contributed by atoms with van der Waals surface area (Å²) in [4.78, 5) is 33.9. The number of aromatic amines is 1. The van der Waals surface area contributed by atoms with Gasteiger partial charge in [0, 0.05) is 61.8 Å². The average molecular weight is 774 g/mol. The third-order valence-corrected chi connectivity index (χ3v) is 11.2. The van der Waals surface area contributed by atoms with E-state index in [1.54, 1.807) is 18.3 Å². The number of ether oxygens (including phenoxy) is 2. The van der Waals surface area contributed by atoms with Crippen LogP contribution in [0.5, 0.6) is 0 Å². The van der Waals surface area contributed by atoms with Gasteiger partial charge in [0.15, 0.2) is 6.61 Å². The van der Waals surface area contributed by atoms with Gasteiger partial charge in [-0.3, -0.25) is 19.2 Å². The Morgan fingerprint density at radius 2 is 1.87 bits per heavy atom. The molecule has 294 valence electrons. The van der Waals surface area contributed by atoms with Gasteiger partial charge in [0.25, 0.3) is 16.0 Å². The van der Waals surface area contributed by atoms with Crippen LogP contribution in [0.4, 0.5) is 11.5 Å². The van der Waals surface area contributed by atoms with Crippen LogP contribution in [0.3, 0.4) is 0 Å². The molecule has 0 unspecified atom stereocenters. The molecule has 55 heavy (non-hydrogen) atoms. The molecular formula is C40H51N7O7S. The highest BCUT2D eigenvalue weighted by molar-refractivity contribution is 7.85. The SMILES string of the molecule is Cc1ccc(S(=O)(=O)O)cc1.NC(=O)COC(=O)C[C@H](CN1CC[C@@H](CCc2ccc3c(n2)NCCC3)C1)c1cc(-c2ccn[nH]2)cc(N2CCOCC2)c1. The summed E-state index contributed by atoms with van der Waals surface area (Å²) < 4.78 is 40.4. The van der Waals surface area contributed by atoms with Crippen molar-refractivity contribution in [2.45, 2.75) is 56.3 Å². The van der Waals surface area contributed by atoms with Gasteiger partial charge in [0.2, 0.25) is 0 Å². The van der Waals surface area contributed by atoms with Crippen molar-refractivity contribution in [2.24, 2.45) is 11.7 Å². The zero-order chi connectivity index (χ0) is 38.8. The van der Waals surface area contributed by atoms with Crippen molar-refractivity contribution >= 4 is 33.5 Å². The number of rotatable bonds is 13. The lowest BCUT2D eigenvalue weighted by Crippen LogP contribution is -2.36. The number of primary amides is 1. The maximum absolute atomic E-state index is 12.9. The summed E-state index contributed by atoms with van der Waals surface area (Å²) in [5.41, 5.74) is 12.8. The summed E-state index contributed by atoms with van der Waals surface area (Å²) in [6, 6.07) is 18.9. The monoisotopic (exact) mass is 773 g/mol. The van der Waals surface area contributed by atoms with Gasteiger partial charge < -0.3 is 30.3 Å². The molecule has 4 aromatic rings. The standard InChI is InChI=1S/C33H43N7O4.C7H8O3S/c34-31(41)22-44-32(42)19-27(25-16-26(30-7-10-36-38-30)18-29(17-25)40-12-14-43-15-13-40)21-39-11-8-23(20-39)3-5-28-6-4-24-2-1-9-35-33(24)37-28;1-6-2-4-7(5-3-6)11(8,9)10/h4,6-7,10,16-18,23,27H,1-3,5,8-9,11-15,19-22H2,(H2,34,41)(H,35,37)(H,36,38);2-5H,1H3,(H,8,9,10)/t23-,27-;/m1./s1. The lowest BCUT2D eigenvalue weighted by atomic mass is 9.92. The van der Waals surface area contributed by atoms with E-state index in [4.69, 9.17) is 24.7 Å². The Morgan fingerprint density at radius 3 is 2.60 bits per heavy atom. The average Bonchev–Trinajstić information content (AvgIpc) is 3.89. The Morgan fingerprint density at radius 1 is 1.07 bits per heavy atom. The van der Waals surface area contributed by atoms with Crippen molar-refractivity contribution in [3.8, 4) is 11.3 Å². The predicted octanol–water partition coefficient (Wildman–Crippen LogP) is 4.37. The van der Waals surface area contributed by atoms with Crippen molar-refractivity contribution in [3.63, 3.8) is 0 Å². The number of benzene rings is 2. The number of pyridine rings is 1. The van der Waals surface area contributed by atoms with Crippen molar-refractivity contribution in [3.05, 3.63) is 89.2 Å². The number of amides is 1. The molecule has 5 heterocycles. The maximum atomic E-state index is 12.9. The lowest BCUT2D eigenvalue weighted by molar-refractivity contribution is -0.148. The number of likely N-dealkylation sites (tertiary alicyclic amines) is 1. The molecular weight excluding hydrogens is 723 g/mol. The molecule has 0 saturated carbocycles. The first-order valence-corrected chi connectivity index (χ1v) is 20.3. The van der Waals surface area contributed by atoms with Gasteiger partial charge in [-0.15, -0.1) is 0 Å². The fourth-order valence-corrected chi connectivity index (χ4v) is 7.82. The van der Waals surface area contributed by atoms with Gasteiger partial charge in [0.05, 0.1) is 30.2 Å². The van der Waals surface area contributed by atoms with Gasteiger partial charge in [-0.05, 0) is 105 Å². The van der Waals surface area contributed by atoms with Crippen molar-refractivity contribution < 1.29 is 32.0 Å². The number of hydrogen-bond acceptors (Lipinski definition) is 11. The Balaban J connectivity index is 0.000000403. The summed E-state index contributed by atoms with van der Waals surface area (Å²) in [5.74, 6) is 0.434. The minimum absolute atomic E-state index is 0.0666. The molecule has 2 saturated heterocycles. The van der Waals surface area contributed by atoms with E-state index in [2.05, 4.69) is 55.6 Å². The number of nitrogens with zero attached hydrogens (tertiary/aromatic N) is 4. The minimum atomic E-state index is -4.02. The third-order valence-electron chi connectivity index (χ3n) is 10.3. The lowest BCUT2D eigenvalue weighted by Gasteiger charge is -2.31. The molecule has 15 heteroatoms. The Labute approximate surface area is 322 Å². The van der Waals surface area contributed by atoms with Crippen molar-refractivity contribution in [2.75, 3.05) is 69.3 Å². The molecule has 7 rings (SSSR count). The summed E-state index contributed by atoms with van der Waals surface area (Å²) in [7, 11) is -4.02. The number of esters is 1. The molecule has 0 aliphatic carbocycles. The first kappa shape index (κ1) is 39.9. The highest BCUT2D eigenvalue weighted by Crippen LogP contribution is 2.34. The summed E-state index contributed by atoms with van der Waals surface area (Å²) in [5, 5.41) is 10.7. The molecule has 2 fully saturated rings. The van der Waals surface area contributed by atoms with Crippen molar-refractivity contribution in [1.29, 1.82) is 0 Å². The van der Waals surface area contributed by atoms with Crippen molar-refractivity contribution in [1.82, 2.24) is 20.1 Å². The minimum Gasteiger partial charge on any atom is -0.456 e. The van der Waals surface area contributed by atoms with Crippen LogP contribution in [-0.2, 0) is 42.0 Å². The second-order valence-electron chi connectivity index (χ2n) is 14.5. The highest BCUT2D eigenvalue weighted by Gasteiger charge is 2.28. The number of morpholine rings is 1. The summed E-state index contributed by atoms with van der Waals surface area (Å²) in [6.07, 6.45) is 7.34. The molecule has 2 aromatic heterocycles. The smallest absolute Gasteiger partial charge is 0.306 e. The molecule has 3 aliphatic heterocycles. The molecule has 14 nitrogen and oxygen atoms in total. The van der Waals surface area contributed by atoms with Crippen LogP contribution >= 0.6 is 0 Å². The molecule has 2 atom stereocenters. The molecule has 2 aromatic carbocycles. The summed E-state index contributed by atoms with van der Waals surface area (Å²) in [6.45, 7) is 8.08. The van der Waals surface area contributed by atoms with Crippen LogP contribution in [0.15, 0.2) is 71.8 Å². The number of aromatic nitrogens is 3. The van der Waals surface area contributed by atoms with Crippen LogP contribution in [0.1, 0.15) is 54.0 Å². The number of anilines is 2. The van der Waals surface area contributed by atoms with Crippen LogP contribution in [-0.4, -0.2) is 104 Å². The predicted molar refractivity (Wildman–Crippen MR) is 209 cm³/mol. The number of carbonyl (C=O) groups is 2. The van der Waals surface area contributed by atoms with E-state index in [1.165, 1.54) is 17.7 Å². The van der Waals surface area contributed by atoms with Crippen LogP contribution in [0.2, 0.25) is 0 Å². The summed E-state index contributed by atoms with van der Waals surface area (Å²) >= 11 is 0. The molecule has 3 aliphatic rings. The highest BCUT2D eigenvalue weighted by atomic mass is 32.2. The number of aryl methyl sites for hydroxylation is 3. The van der Waals surface area contributed by atoms with Gasteiger partial charge >= 0.3 is 5.97 Å². The van der Waals surface area contributed by atoms with E-state index < -0.39 is 28.6 Å². The van der Waals surface area contributed by atoms with E-state index in [0.29, 0.717) is 19.1 Å².